The predicted octanol–water partition coefficient (Wildman–Crippen LogP) is 1.66. The number of methoxy groups -OCH3 is 1. The summed E-state index contributed by atoms with van der Waals surface area (Å²) in [7, 11) is 3.35. The van der Waals surface area contributed by atoms with Gasteiger partial charge >= 0.3 is 0 Å². The molecule has 7 nitrogen and oxygen atoms in total. The van der Waals surface area contributed by atoms with E-state index in [2.05, 4.69) is 41.4 Å². The Kier molecular flexibility index (Phi) is 11.9. The summed E-state index contributed by atoms with van der Waals surface area (Å²) in [6.45, 7) is 5.06. The van der Waals surface area contributed by atoms with Gasteiger partial charge < -0.3 is 20.3 Å². The molecule has 10 heteroatoms. The molecule has 0 atom stereocenters. The standard InChI is InChI=1S/C18H27BrFN5O2.HI/c1-21-18(23-12-14-3-4-15(19)16(20)11-14)25-8-6-24(7-9-25)13-17(26)22-5-10-27-2;/h3-4,11H,5-10,12-13H2,1-2H3,(H,21,23)(H,22,26);1H. The van der Waals surface area contributed by atoms with Crippen LogP contribution < -0.4 is 10.6 Å². The molecule has 28 heavy (non-hydrogen) atoms. The number of aliphatic imine (C=N–C) groups is 1. The number of hydrogen-bond donors (Lipinski definition) is 2. The molecule has 1 fully saturated rings. The first-order valence-corrected chi connectivity index (χ1v) is 9.70. The average Bonchev–Trinajstić information content (AvgIpc) is 2.66. The van der Waals surface area contributed by atoms with Crippen LogP contribution in [0.15, 0.2) is 27.7 Å². The third-order valence-corrected chi connectivity index (χ3v) is 4.96. The summed E-state index contributed by atoms with van der Waals surface area (Å²) in [6, 6.07) is 5.07. The monoisotopic (exact) mass is 571 g/mol. The fourth-order valence-electron chi connectivity index (χ4n) is 2.83. The van der Waals surface area contributed by atoms with E-state index in [1.54, 1.807) is 20.2 Å². The topological polar surface area (TPSA) is 69.2 Å². The number of halogens is 3. The van der Waals surface area contributed by atoms with Gasteiger partial charge in [0.2, 0.25) is 5.91 Å². The molecular formula is C18H28BrFIN5O2. The molecule has 2 rings (SSSR count). The van der Waals surface area contributed by atoms with Gasteiger partial charge in [0.05, 0.1) is 17.6 Å². The van der Waals surface area contributed by atoms with Crippen LogP contribution in [0.5, 0.6) is 0 Å². The normalized spacial score (nSPS) is 15.1. The smallest absolute Gasteiger partial charge is 0.234 e. The number of guanidine groups is 1. The van der Waals surface area contributed by atoms with Crippen LogP contribution in [0, 0.1) is 5.82 Å². The maximum atomic E-state index is 13.6. The highest BCUT2D eigenvalue weighted by atomic mass is 127. The number of nitrogens with zero attached hydrogens (tertiary/aromatic N) is 3. The van der Waals surface area contributed by atoms with Crippen molar-refractivity contribution in [2.45, 2.75) is 6.54 Å². The number of carbonyl (C=O) groups excluding carboxylic acids is 1. The van der Waals surface area contributed by atoms with Gasteiger partial charge in [-0.2, -0.15) is 0 Å². The zero-order chi connectivity index (χ0) is 19.6. The Bertz CT molecular complexity index is 657. The van der Waals surface area contributed by atoms with Crippen molar-refractivity contribution in [3.63, 3.8) is 0 Å². The van der Waals surface area contributed by atoms with Crippen molar-refractivity contribution in [3.05, 3.63) is 34.1 Å². The summed E-state index contributed by atoms with van der Waals surface area (Å²) in [4.78, 5) is 20.5. The van der Waals surface area contributed by atoms with Crippen LogP contribution in [0.3, 0.4) is 0 Å². The van der Waals surface area contributed by atoms with E-state index in [4.69, 9.17) is 4.74 Å². The van der Waals surface area contributed by atoms with Crippen molar-refractivity contribution in [1.82, 2.24) is 20.4 Å². The molecule has 1 aliphatic rings. The highest BCUT2D eigenvalue weighted by molar-refractivity contribution is 14.0. The van der Waals surface area contributed by atoms with Crippen LogP contribution in [0.1, 0.15) is 5.56 Å². The number of ether oxygens (including phenoxy) is 1. The largest absolute Gasteiger partial charge is 0.383 e. The molecule has 0 aliphatic carbocycles. The fourth-order valence-corrected chi connectivity index (χ4v) is 3.08. The van der Waals surface area contributed by atoms with Gasteiger partial charge in [0.1, 0.15) is 5.82 Å². The third kappa shape index (κ3) is 8.18. The Morgan fingerprint density at radius 1 is 1.29 bits per heavy atom. The number of nitrogens with one attached hydrogen (secondary N) is 2. The van der Waals surface area contributed by atoms with Gasteiger partial charge in [-0.05, 0) is 33.6 Å². The summed E-state index contributed by atoms with van der Waals surface area (Å²) in [5.74, 6) is 0.518. The van der Waals surface area contributed by atoms with Crippen molar-refractivity contribution < 1.29 is 13.9 Å². The van der Waals surface area contributed by atoms with E-state index in [0.29, 0.717) is 30.7 Å². The first-order chi connectivity index (χ1) is 13.0. The summed E-state index contributed by atoms with van der Waals surface area (Å²) in [5.41, 5.74) is 0.850. The molecule has 1 aromatic rings. The SMILES string of the molecule is CN=C(NCc1ccc(Br)c(F)c1)N1CCN(CC(=O)NCCOC)CC1.I. The van der Waals surface area contributed by atoms with E-state index in [1.165, 1.54) is 6.07 Å². The predicted molar refractivity (Wildman–Crippen MR) is 123 cm³/mol. The summed E-state index contributed by atoms with van der Waals surface area (Å²) in [6.07, 6.45) is 0. The third-order valence-electron chi connectivity index (χ3n) is 4.31. The molecule has 1 saturated heterocycles. The van der Waals surface area contributed by atoms with E-state index in [1.807, 2.05) is 6.07 Å². The molecule has 1 aromatic carbocycles. The van der Waals surface area contributed by atoms with E-state index in [-0.39, 0.29) is 35.7 Å². The van der Waals surface area contributed by atoms with E-state index < -0.39 is 0 Å². The van der Waals surface area contributed by atoms with Crippen LogP contribution in [0.25, 0.3) is 0 Å². The summed E-state index contributed by atoms with van der Waals surface area (Å²) < 4.78 is 19.0. The Hall–Kier alpha value is -0.980. The van der Waals surface area contributed by atoms with Gasteiger partial charge in [0.25, 0.3) is 0 Å². The van der Waals surface area contributed by atoms with Crippen LogP contribution in [0.2, 0.25) is 0 Å². The molecule has 2 N–H and O–H groups in total. The Labute approximate surface area is 191 Å². The van der Waals surface area contributed by atoms with E-state index in [0.717, 1.165) is 37.7 Å². The van der Waals surface area contributed by atoms with Gasteiger partial charge in [0, 0.05) is 53.4 Å². The number of carbonyl (C=O) groups is 1. The Balaban J connectivity index is 0.00000392. The zero-order valence-electron chi connectivity index (χ0n) is 16.2. The Morgan fingerprint density at radius 3 is 2.61 bits per heavy atom. The first-order valence-electron chi connectivity index (χ1n) is 8.91. The summed E-state index contributed by atoms with van der Waals surface area (Å²) in [5, 5.41) is 6.11. The summed E-state index contributed by atoms with van der Waals surface area (Å²) >= 11 is 3.16. The second-order valence-electron chi connectivity index (χ2n) is 6.26. The van der Waals surface area contributed by atoms with Crippen molar-refractivity contribution in [2.75, 3.05) is 60.0 Å². The first kappa shape index (κ1) is 25.1. The van der Waals surface area contributed by atoms with Gasteiger partial charge in [-0.15, -0.1) is 24.0 Å². The lowest BCUT2D eigenvalue weighted by molar-refractivity contribution is -0.122. The minimum absolute atomic E-state index is 0. The molecule has 1 heterocycles. The van der Waals surface area contributed by atoms with Crippen LogP contribution in [-0.4, -0.2) is 81.7 Å². The van der Waals surface area contributed by atoms with Crippen molar-refractivity contribution in [2.24, 2.45) is 4.99 Å². The maximum absolute atomic E-state index is 13.6. The molecule has 0 spiro atoms. The van der Waals surface area contributed by atoms with Crippen LogP contribution in [0.4, 0.5) is 4.39 Å². The fraction of sp³-hybridized carbons (Fsp3) is 0.556. The van der Waals surface area contributed by atoms with Gasteiger partial charge in [-0.25, -0.2) is 4.39 Å². The lowest BCUT2D eigenvalue weighted by Crippen LogP contribution is -2.54. The van der Waals surface area contributed by atoms with Crippen molar-refractivity contribution >= 4 is 51.8 Å². The molecule has 0 saturated carbocycles. The molecule has 0 bridgehead atoms. The second-order valence-corrected chi connectivity index (χ2v) is 7.11. The molecule has 1 amide bonds. The number of amides is 1. The molecular weight excluding hydrogens is 544 g/mol. The molecule has 158 valence electrons. The minimum Gasteiger partial charge on any atom is -0.383 e. The number of piperazine rings is 1. The van der Waals surface area contributed by atoms with Crippen molar-refractivity contribution in [1.29, 1.82) is 0 Å². The molecule has 0 unspecified atom stereocenters. The maximum Gasteiger partial charge on any atom is 0.234 e. The lowest BCUT2D eigenvalue weighted by Gasteiger charge is -2.36. The highest BCUT2D eigenvalue weighted by Crippen LogP contribution is 2.16. The minimum atomic E-state index is -0.276. The number of rotatable bonds is 7. The second kappa shape index (κ2) is 13.3. The molecule has 0 radical (unpaired) electrons. The highest BCUT2D eigenvalue weighted by Gasteiger charge is 2.21. The van der Waals surface area contributed by atoms with E-state index >= 15 is 0 Å². The Morgan fingerprint density at radius 2 is 2.00 bits per heavy atom. The number of hydrogen-bond acceptors (Lipinski definition) is 4. The van der Waals surface area contributed by atoms with Crippen molar-refractivity contribution in [3.8, 4) is 0 Å². The van der Waals surface area contributed by atoms with Gasteiger partial charge in [0.15, 0.2) is 5.96 Å². The quantitative estimate of drug-likeness (QED) is 0.225. The lowest BCUT2D eigenvalue weighted by atomic mass is 10.2. The van der Waals surface area contributed by atoms with E-state index in [9.17, 15) is 9.18 Å². The molecule has 1 aliphatic heterocycles. The van der Waals surface area contributed by atoms with Gasteiger partial charge in [-0.3, -0.25) is 14.7 Å². The van der Waals surface area contributed by atoms with Crippen LogP contribution in [-0.2, 0) is 16.1 Å². The molecule has 0 aromatic heterocycles. The van der Waals surface area contributed by atoms with Gasteiger partial charge in [-0.1, -0.05) is 6.07 Å². The van der Waals surface area contributed by atoms with Crippen LogP contribution >= 0.6 is 39.9 Å². The number of benzene rings is 1. The zero-order valence-corrected chi connectivity index (χ0v) is 20.1. The average molecular weight is 572 g/mol.